The van der Waals surface area contributed by atoms with E-state index in [0.717, 1.165) is 6.42 Å². The average Bonchev–Trinajstić information content (AvgIpc) is 1.63. The van der Waals surface area contributed by atoms with E-state index in [9.17, 15) is 77.0 Å². The van der Waals surface area contributed by atoms with Crippen molar-refractivity contribution in [3.63, 3.8) is 0 Å². The van der Waals surface area contributed by atoms with Crippen molar-refractivity contribution in [2.24, 2.45) is 34.8 Å². The molecule has 0 spiro atoms. The predicted octanol–water partition coefficient (Wildman–Crippen LogP) is -6.03. The molecule has 35 nitrogen and oxygen atoms in total. The van der Waals surface area contributed by atoms with Gasteiger partial charge in [-0.25, -0.2) is 4.79 Å². The van der Waals surface area contributed by atoms with Gasteiger partial charge in [0.2, 0.25) is 82.7 Å². The highest BCUT2D eigenvalue weighted by atomic mass is 16.4. The molecule has 0 aromatic rings. The third-order valence-corrected chi connectivity index (χ3v) is 16.3. The maximum absolute atomic E-state index is 14.3. The number of carbonyl (C=O) groups excluding carboxylic acids is 14. The molecule has 94 heavy (non-hydrogen) atoms. The normalized spacial score (nSPS) is 19.2. The number of rotatable bonds is 39. The Bertz CT molecular complexity index is 2730. The smallest absolute Gasteiger partial charge is 0.326 e. The number of guanidine groups is 1. The summed E-state index contributed by atoms with van der Waals surface area (Å²) < 4.78 is 0. The molecule has 3 saturated heterocycles. The van der Waals surface area contributed by atoms with Crippen LogP contribution >= 0.6 is 0 Å². The third-order valence-electron chi connectivity index (χ3n) is 16.3. The van der Waals surface area contributed by atoms with Crippen LogP contribution in [0.1, 0.15) is 152 Å². The minimum atomic E-state index is -1.49. The highest BCUT2D eigenvalue weighted by molar-refractivity contribution is 6.00. The number of hydrogen-bond acceptors (Lipinski definition) is 18. The maximum atomic E-state index is 14.3. The summed E-state index contributed by atoms with van der Waals surface area (Å²) in [5, 5.41) is 48.4. The second kappa shape index (κ2) is 39.1. The van der Waals surface area contributed by atoms with E-state index in [2.05, 4.69) is 63.8 Å². The number of carboxylic acids is 1. The molecule has 14 amide bonds. The predicted molar refractivity (Wildman–Crippen MR) is 339 cm³/mol. The summed E-state index contributed by atoms with van der Waals surface area (Å²) in [7, 11) is 0. The van der Waals surface area contributed by atoms with Crippen molar-refractivity contribution in [2.75, 3.05) is 32.7 Å². The lowest BCUT2D eigenvalue weighted by atomic mass is 10.0. The van der Waals surface area contributed by atoms with E-state index in [0.29, 0.717) is 38.6 Å². The lowest BCUT2D eigenvalue weighted by molar-refractivity contribution is -0.143. The molecular formula is C59H101N19O16. The molecule has 13 atom stereocenters. The first-order chi connectivity index (χ1) is 44.2. The van der Waals surface area contributed by atoms with Crippen LogP contribution in [0.2, 0.25) is 0 Å². The SMILES string of the molecule is CC(C)[C@H](NC(=O)[C@H](CCCCN)NC(=O)[C@H](CCCNC(=N)N)NC(=O)[C@@H]1CCCN1C(=O)[C@H](C)NC(=O)[C@H](C)NC(=O)[C@H](CCC(N)=O)NC(=O)[C@@H]1CCCN1C(=O)[C@@H](NC(=O)[C@@H]1CCCN1)C(C)C)C(=O)N[C@@H](C)C(=O)N[C@@H](C)C(=O)N[C@@H](CCC(N)=O)C(=O)O. The van der Waals surface area contributed by atoms with Gasteiger partial charge in [0, 0.05) is 32.5 Å². The topological polar surface area (TPSA) is 555 Å². The molecule has 35 heteroatoms. The zero-order valence-electron chi connectivity index (χ0n) is 55.1. The molecule has 0 aliphatic carbocycles. The summed E-state index contributed by atoms with van der Waals surface area (Å²) in [5.41, 5.74) is 21.8. The molecule has 0 unspecified atom stereocenters. The van der Waals surface area contributed by atoms with E-state index in [1.54, 1.807) is 27.7 Å². The van der Waals surface area contributed by atoms with Crippen molar-refractivity contribution in [1.29, 1.82) is 5.41 Å². The summed E-state index contributed by atoms with van der Waals surface area (Å²) in [4.78, 5) is 202. The van der Waals surface area contributed by atoms with Crippen LogP contribution in [-0.4, -0.2) is 221 Å². The van der Waals surface area contributed by atoms with Gasteiger partial charge < -0.3 is 102 Å². The first-order valence-electron chi connectivity index (χ1n) is 32.1. The van der Waals surface area contributed by atoms with Crippen molar-refractivity contribution in [3.8, 4) is 0 Å². The maximum Gasteiger partial charge on any atom is 0.326 e. The molecular weight excluding hydrogens is 1230 g/mol. The van der Waals surface area contributed by atoms with Crippen LogP contribution in [0.4, 0.5) is 0 Å². The van der Waals surface area contributed by atoms with E-state index < -0.39 is 167 Å². The summed E-state index contributed by atoms with van der Waals surface area (Å²) in [6.07, 6.45) is 2.10. The number of aliphatic carboxylic acids is 1. The average molecular weight is 1330 g/mol. The molecule has 0 aromatic heterocycles. The number of nitrogens with two attached hydrogens (primary N) is 4. The Hall–Kier alpha value is -8.76. The van der Waals surface area contributed by atoms with Gasteiger partial charge in [-0.1, -0.05) is 27.7 Å². The molecule has 0 saturated carbocycles. The van der Waals surface area contributed by atoms with Crippen LogP contribution in [0.5, 0.6) is 0 Å². The Balaban J connectivity index is 1.72. The highest BCUT2D eigenvalue weighted by Gasteiger charge is 2.43. The Morgan fingerprint density at radius 2 is 0.904 bits per heavy atom. The zero-order valence-corrected chi connectivity index (χ0v) is 55.1. The summed E-state index contributed by atoms with van der Waals surface area (Å²) in [6.45, 7) is 13.2. The molecule has 0 aromatic carbocycles. The number of nitrogens with one attached hydrogen (secondary N) is 13. The van der Waals surface area contributed by atoms with E-state index >= 15 is 0 Å². The van der Waals surface area contributed by atoms with Gasteiger partial charge in [-0.05, 0) is 136 Å². The van der Waals surface area contributed by atoms with Gasteiger partial charge in [-0.15, -0.1) is 0 Å². The van der Waals surface area contributed by atoms with Gasteiger partial charge in [0.25, 0.3) is 0 Å². The van der Waals surface area contributed by atoms with Crippen LogP contribution < -0.4 is 86.7 Å². The molecule has 528 valence electrons. The summed E-state index contributed by atoms with van der Waals surface area (Å²) in [5.74, 6) is -13.3. The number of amides is 14. The third kappa shape index (κ3) is 25.6. The number of primary amides is 2. The number of carboxylic acid groups (broad SMARTS) is 1. The first-order valence-corrected chi connectivity index (χ1v) is 32.1. The minimum Gasteiger partial charge on any atom is -0.480 e. The van der Waals surface area contributed by atoms with Gasteiger partial charge in [0.15, 0.2) is 5.96 Å². The fourth-order valence-corrected chi connectivity index (χ4v) is 10.8. The quantitative estimate of drug-likeness (QED) is 0.0155. The Morgan fingerprint density at radius 3 is 1.39 bits per heavy atom. The summed E-state index contributed by atoms with van der Waals surface area (Å²) in [6, 6.07) is -15.7. The molecule has 3 aliphatic heterocycles. The molecule has 3 rings (SSSR count). The number of carbonyl (C=O) groups is 15. The van der Waals surface area contributed by atoms with Crippen LogP contribution in [0, 0.1) is 17.2 Å². The highest BCUT2D eigenvalue weighted by Crippen LogP contribution is 2.23. The molecule has 22 N–H and O–H groups in total. The molecule has 3 fully saturated rings. The van der Waals surface area contributed by atoms with Gasteiger partial charge in [0.1, 0.15) is 72.5 Å². The van der Waals surface area contributed by atoms with E-state index in [4.69, 9.17) is 28.3 Å². The largest absolute Gasteiger partial charge is 0.480 e. The molecule has 3 heterocycles. The molecule has 0 radical (unpaired) electrons. The summed E-state index contributed by atoms with van der Waals surface area (Å²) >= 11 is 0. The Labute approximate surface area is 546 Å². The lowest BCUT2D eigenvalue weighted by Gasteiger charge is -2.32. The van der Waals surface area contributed by atoms with Gasteiger partial charge in [0.05, 0.1) is 6.04 Å². The first kappa shape index (κ1) is 79.5. The minimum absolute atomic E-state index is 0.00509. The number of unbranched alkanes of at least 4 members (excludes halogenated alkanes) is 1. The molecule has 0 bridgehead atoms. The fraction of sp³-hybridized carbons (Fsp3) is 0.729. The monoisotopic (exact) mass is 1330 g/mol. The van der Waals surface area contributed by atoms with E-state index in [1.165, 1.54) is 37.5 Å². The van der Waals surface area contributed by atoms with Crippen LogP contribution in [-0.2, 0) is 71.9 Å². The number of likely N-dealkylation sites (tertiary alicyclic amines) is 2. The Kier molecular flexibility index (Phi) is 33.0. The van der Waals surface area contributed by atoms with Crippen LogP contribution in [0.3, 0.4) is 0 Å². The van der Waals surface area contributed by atoms with Crippen molar-refractivity contribution in [2.45, 2.75) is 230 Å². The fourth-order valence-electron chi connectivity index (χ4n) is 10.8. The van der Waals surface area contributed by atoms with Crippen molar-refractivity contribution < 1.29 is 77.0 Å². The standard InChI is InChI=1S/C59H101N19O16/c1-29(2)44(55(90)69-32(6)46(81)67-33(7)48(83)74-39(58(93)94)21-23-43(62)80)75-52(87)36(15-9-10-24-60)71-51(86)37(17-12-26-66-59(63)64)72-53(88)40-18-13-27-77(40)56(91)34(8)70-47(82)31(5)68-50(85)38(20-22-42(61)79)73-54(89)41-19-14-28-78(41)57(92)45(30(3)4)76-49(84)35-16-11-25-65-35/h29-41,44-45,65H,9-28,60H2,1-8H3,(H2,61,79)(H2,62,80)(H,67,81)(H,68,85)(H,69,90)(H,70,82)(H,71,86)(H,72,88)(H,73,89)(H,74,83)(H,75,87)(H,76,84)(H,93,94)(H4,63,64,66)/t31-,32-,33-,34-,35-,36-,37-,38-,39-,40-,41-,44-,45-/m0/s1. The second-order valence-electron chi connectivity index (χ2n) is 24.8. The van der Waals surface area contributed by atoms with Crippen molar-refractivity contribution >= 4 is 94.6 Å². The Morgan fingerprint density at radius 1 is 0.468 bits per heavy atom. The van der Waals surface area contributed by atoms with Crippen molar-refractivity contribution in [1.82, 2.24) is 73.6 Å². The number of nitrogens with zero attached hydrogens (tertiary/aromatic N) is 2. The number of hydrogen-bond donors (Lipinski definition) is 18. The van der Waals surface area contributed by atoms with Crippen LogP contribution in [0.25, 0.3) is 0 Å². The van der Waals surface area contributed by atoms with Gasteiger partial charge >= 0.3 is 5.97 Å². The van der Waals surface area contributed by atoms with Crippen molar-refractivity contribution in [3.05, 3.63) is 0 Å². The van der Waals surface area contributed by atoms with E-state index in [-0.39, 0.29) is 102 Å². The van der Waals surface area contributed by atoms with E-state index in [1.807, 2.05) is 0 Å². The van der Waals surface area contributed by atoms with Gasteiger partial charge in [-0.3, -0.25) is 72.5 Å². The molecule has 3 aliphatic rings. The zero-order chi connectivity index (χ0) is 70.7. The second-order valence-corrected chi connectivity index (χ2v) is 24.8. The lowest BCUT2D eigenvalue weighted by Crippen LogP contribution is -2.60. The van der Waals surface area contributed by atoms with Crippen LogP contribution in [0.15, 0.2) is 0 Å². The van der Waals surface area contributed by atoms with Gasteiger partial charge in [-0.2, -0.15) is 0 Å².